The van der Waals surface area contributed by atoms with Crippen molar-refractivity contribution in [1.29, 1.82) is 0 Å². The third-order valence-corrected chi connectivity index (χ3v) is 3.21. The number of rotatable bonds is 6. The summed E-state index contributed by atoms with van der Waals surface area (Å²) in [6.07, 6.45) is 3.30. The molecule has 1 aromatic rings. The zero-order chi connectivity index (χ0) is 13.5. The van der Waals surface area contributed by atoms with Crippen LogP contribution in [0.4, 0.5) is 0 Å². The molecule has 0 saturated carbocycles. The lowest BCUT2D eigenvalue weighted by Crippen LogP contribution is -2.29. The number of carboxylic acid groups (broad SMARTS) is 1. The first-order chi connectivity index (χ1) is 8.54. The van der Waals surface area contributed by atoms with E-state index in [-0.39, 0.29) is 11.6 Å². The molecule has 0 aromatic carbocycles. The highest BCUT2D eigenvalue weighted by molar-refractivity contribution is 7.98. The predicted molar refractivity (Wildman–Crippen MR) is 71.1 cm³/mol. The largest absolute Gasteiger partial charge is 0.477 e. The Labute approximate surface area is 110 Å². The van der Waals surface area contributed by atoms with Crippen molar-refractivity contribution in [3.8, 4) is 0 Å². The summed E-state index contributed by atoms with van der Waals surface area (Å²) in [7, 11) is 0. The van der Waals surface area contributed by atoms with Gasteiger partial charge in [0.2, 0.25) is 0 Å². The van der Waals surface area contributed by atoms with Crippen molar-refractivity contribution in [3.05, 3.63) is 29.6 Å². The minimum Gasteiger partial charge on any atom is -0.477 e. The number of aromatic nitrogens is 1. The van der Waals surface area contributed by atoms with E-state index in [1.165, 1.54) is 18.3 Å². The van der Waals surface area contributed by atoms with Crippen molar-refractivity contribution in [2.24, 2.45) is 5.92 Å². The standard InChI is InChI=1S/C12H16N2O3S/c1-8(7-18-2)5-14-11(15)9-3-4-10(12(16)17)13-6-9/h3-4,6,8H,5,7H2,1-2H3,(H,14,15)(H,16,17). The number of thioether (sulfide) groups is 1. The molecule has 1 heterocycles. The highest BCUT2D eigenvalue weighted by atomic mass is 32.2. The molecule has 5 nitrogen and oxygen atoms in total. The maximum absolute atomic E-state index is 11.7. The quantitative estimate of drug-likeness (QED) is 0.817. The molecular weight excluding hydrogens is 252 g/mol. The molecule has 98 valence electrons. The van der Waals surface area contributed by atoms with Gasteiger partial charge in [-0.05, 0) is 30.1 Å². The van der Waals surface area contributed by atoms with Crippen molar-refractivity contribution in [1.82, 2.24) is 10.3 Å². The van der Waals surface area contributed by atoms with E-state index in [2.05, 4.69) is 17.2 Å². The molecule has 0 saturated heterocycles. The fourth-order valence-electron chi connectivity index (χ4n) is 1.37. The Balaban J connectivity index is 2.54. The van der Waals surface area contributed by atoms with E-state index in [0.29, 0.717) is 18.0 Å². The number of carbonyl (C=O) groups is 2. The summed E-state index contributed by atoms with van der Waals surface area (Å²) in [4.78, 5) is 26.0. The molecule has 1 rings (SSSR count). The molecule has 1 unspecified atom stereocenters. The molecule has 0 aliphatic carbocycles. The van der Waals surface area contributed by atoms with Gasteiger partial charge >= 0.3 is 5.97 Å². The Morgan fingerprint density at radius 3 is 2.72 bits per heavy atom. The van der Waals surface area contributed by atoms with Gasteiger partial charge in [-0.1, -0.05) is 6.92 Å². The third-order valence-electron chi connectivity index (χ3n) is 2.31. The van der Waals surface area contributed by atoms with Crippen LogP contribution in [-0.2, 0) is 0 Å². The Bertz CT molecular complexity index is 420. The number of amides is 1. The van der Waals surface area contributed by atoms with Crippen LogP contribution >= 0.6 is 11.8 Å². The monoisotopic (exact) mass is 268 g/mol. The van der Waals surface area contributed by atoms with Gasteiger partial charge in [0.15, 0.2) is 0 Å². The van der Waals surface area contributed by atoms with Gasteiger partial charge in [-0.25, -0.2) is 9.78 Å². The van der Waals surface area contributed by atoms with E-state index >= 15 is 0 Å². The number of hydrogen-bond acceptors (Lipinski definition) is 4. The summed E-state index contributed by atoms with van der Waals surface area (Å²) in [5.74, 6) is 0.0503. The number of hydrogen-bond donors (Lipinski definition) is 2. The summed E-state index contributed by atoms with van der Waals surface area (Å²) in [5, 5.41) is 11.5. The Morgan fingerprint density at radius 1 is 1.50 bits per heavy atom. The molecule has 18 heavy (non-hydrogen) atoms. The molecule has 0 aliphatic heterocycles. The lowest BCUT2D eigenvalue weighted by atomic mass is 10.2. The Morgan fingerprint density at radius 2 is 2.22 bits per heavy atom. The first kappa shape index (κ1) is 14.5. The lowest BCUT2D eigenvalue weighted by molar-refractivity contribution is 0.0689. The van der Waals surface area contributed by atoms with Crippen molar-refractivity contribution in [2.45, 2.75) is 6.92 Å². The molecule has 0 spiro atoms. The second kappa shape index (κ2) is 7.00. The van der Waals surface area contributed by atoms with E-state index in [1.54, 1.807) is 11.8 Å². The summed E-state index contributed by atoms with van der Waals surface area (Å²) in [5.41, 5.74) is 0.304. The minimum atomic E-state index is -1.10. The predicted octanol–water partition coefficient (Wildman–Crippen LogP) is 1.51. The van der Waals surface area contributed by atoms with Gasteiger partial charge in [-0.3, -0.25) is 4.79 Å². The second-order valence-corrected chi connectivity index (χ2v) is 4.92. The average molecular weight is 268 g/mol. The maximum atomic E-state index is 11.7. The topological polar surface area (TPSA) is 79.3 Å². The average Bonchev–Trinajstić information content (AvgIpc) is 2.36. The zero-order valence-corrected chi connectivity index (χ0v) is 11.2. The molecule has 0 radical (unpaired) electrons. The van der Waals surface area contributed by atoms with Gasteiger partial charge in [0.1, 0.15) is 5.69 Å². The van der Waals surface area contributed by atoms with Crippen LogP contribution < -0.4 is 5.32 Å². The van der Waals surface area contributed by atoms with Crippen LogP contribution in [0.2, 0.25) is 0 Å². The highest BCUT2D eigenvalue weighted by Gasteiger charge is 2.10. The molecule has 1 amide bonds. The molecule has 0 fully saturated rings. The van der Waals surface area contributed by atoms with Gasteiger partial charge in [0, 0.05) is 12.7 Å². The smallest absolute Gasteiger partial charge is 0.354 e. The van der Waals surface area contributed by atoms with E-state index in [9.17, 15) is 9.59 Å². The number of nitrogens with zero attached hydrogens (tertiary/aromatic N) is 1. The molecule has 1 aromatic heterocycles. The number of carbonyl (C=O) groups excluding carboxylic acids is 1. The summed E-state index contributed by atoms with van der Waals surface area (Å²) in [6.45, 7) is 2.66. The molecule has 1 atom stereocenters. The fourth-order valence-corrected chi connectivity index (χ4v) is 2.05. The van der Waals surface area contributed by atoms with Gasteiger partial charge in [-0.2, -0.15) is 11.8 Å². The normalized spacial score (nSPS) is 11.9. The van der Waals surface area contributed by atoms with Crippen molar-refractivity contribution >= 4 is 23.6 Å². The maximum Gasteiger partial charge on any atom is 0.354 e. The number of pyridine rings is 1. The highest BCUT2D eigenvalue weighted by Crippen LogP contribution is 2.04. The Kier molecular flexibility index (Phi) is 5.64. The van der Waals surface area contributed by atoms with Crippen molar-refractivity contribution in [3.63, 3.8) is 0 Å². The summed E-state index contributed by atoms with van der Waals surface area (Å²) >= 11 is 1.73. The molecule has 0 bridgehead atoms. The Hall–Kier alpha value is -1.56. The van der Waals surface area contributed by atoms with E-state index < -0.39 is 5.97 Å². The SMILES string of the molecule is CSCC(C)CNC(=O)c1ccc(C(=O)O)nc1. The first-order valence-electron chi connectivity index (χ1n) is 5.51. The van der Waals surface area contributed by atoms with Gasteiger partial charge in [0.05, 0.1) is 5.56 Å². The zero-order valence-electron chi connectivity index (χ0n) is 10.3. The van der Waals surface area contributed by atoms with Crippen LogP contribution in [0.3, 0.4) is 0 Å². The van der Waals surface area contributed by atoms with Gasteiger partial charge in [-0.15, -0.1) is 0 Å². The van der Waals surface area contributed by atoms with Crippen LogP contribution in [0.15, 0.2) is 18.3 Å². The molecule has 6 heteroatoms. The lowest BCUT2D eigenvalue weighted by Gasteiger charge is -2.10. The second-order valence-electron chi connectivity index (χ2n) is 4.01. The van der Waals surface area contributed by atoms with Crippen LogP contribution in [0.1, 0.15) is 27.8 Å². The van der Waals surface area contributed by atoms with E-state index in [0.717, 1.165) is 5.75 Å². The van der Waals surface area contributed by atoms with Gasteiger partial charge in [0.25, 0.3) is 5.91 Å². The summed E-state index contributed by atoms with van der Waals surface area (Å²) < 4.78 is 0. The van der Waals surface area contributed by atoms with Crippen LogP contribution in [-0.4, -0.2) is 40.5 Å². The molecular formula is C12H16N2O3S. The third kappa shape index (κ3) is 4.37. The van der Waals surface area contributed by atoms with Crippen LogP contribution in [0, 0.1) is 5.92 Å². The number of nitrogens with one attached hydrogen (secondary N) is 1. The number of aromatic carboxylic acids is 1. The molecule has 0 aliphatic rings. The van der Waals surface area contributed by atoms with Crippen LogP contribution in [0.5, 0.6) is 0 Å². The summed E-state index contributed by atoms with van der Waals surface area (Å²) in [6, 6.07) is 2.79. The van der Waals surface area contributed by atoms with E-state index in [4.69, 9.17) is 5.11 Å². The van der Waals surface area contributed by atoms with Crippen molar-refractivity contribution < 1.29 is 14.7 Å². The minimum absolute atomic E-state index is 0.0673. The van der Waals surface area contributed by atoms with Gasteiger partial charge < -0.3 is 10.4 Å². The first-order valence-corrected chi connectivity index (χ1v) is 6.90. The van der Waals surface area contributed by atoms with Crippen molar-refractivity contribution in [2.75, 3.05) is 18.6 Å². The van der Waals surface area contributed by atoms with Crippen LogP contribution in [0.25, 0.3) is 0 Å². The van der Waals surface area contributed by atoms with E-state index in [1.807, 2.05) is 6.26 Å². The number of carboxylic acids is 1. The molecule has 2 N–H and O–H groups in total. The fraction of sp³-hybridized carbons (Fsp3) is 0.417.